The molecule has 1 N–H and O–H groups in total. The second kappa shape index (κ2) is 7.21. The number of hydrogen-bond donors (Lipinski definition) is 1. The summed E-state index contributed by atoms with van der Waals surface area (Å²) in [5.41, 5.74) is 0.891. The summed E-state index contributed by atoms with van der Waals surface area (Å²) in [5, 5.41) is 2.87. The van der Waals surface area contributed by atoms with E-state index in [0.717, 1.165) is 11.4 Å². The fraction of sp³-hybridized carbons (Fsp3) is 0.500. The van der Waals surface area contributed by atoms with Crippen molar-refractivity contribution in [1.29, 1.82) is 0 Å². The Kier molecular flexibility index (Phi) is 5.31. The van der Waals surface area contributed by atoms with Crippen LogP contribution in [-0.2, 0) is 11.3 Å². The quantitative estimate of drug-likeness (QED) is 0.883. The molecule has 2 aromatic heterocycles. The normalized spacial score (nSPS) is 12.3. The number of nitrogens with zero attached hydrogens (tertiary/aromatic N) is 5. The minimum Gasteiger partial charge on any atom is -0.357 e. The molecule has 0 aliphatic carbocycles. The van der Waals surface area contributed by atoms with Crippen molar-refractivity contribution in [2.24, 2.45) is 0 Å². The van der Waals surface area contributed by atoms with Gasteiger partial charge < -0.3 is 14.8 Å². The number of likely N-dealkylation sites (N-methyl/N-ethyl adjacent to an activating group) is 1. The van der Waals surface area contributed by atoms with E-state index in [-0.39, 0.29) is 17.9 Å². The first-order valence-corrected chi connectivity index (χ1v) is 7.70. The first-order valence-electron chi connectivity index (χ1n) is 7.70. The summed E-state index contributed by atoms with van der Waals surface area (Å²) in [5.74, 6) is 1.78. The molecule has 0 unspecified atom stereocenters. The lowest BCUT2D eigenvalue weighted by Crippen LogP contribution is -2.33. The molecule has 23 heavy (non-hydrogen) atoms. The van der Waals surface area contributed by atoms with Crippen molar-refractivity contribution in [3.8, 4) is 0 Å². The van der Waals surface area contributed by atoms with Gasteiger partial charge in [-0.25, -0.2) is 15.0 Å². The van der Waals surface area contributed by atoms with E-state index in [4.69, 9.17) is 0 Å². The van der Waals surface area contributed by atoms with Crippen LogP contribution >= 0.6 is 0 Å². The van der Waals surface area contributed by atoms with Crippen molar-refractivity contribution >= 4 is 11.9 Å². The van der Waals surface area contributed by atoms with Gasteiger partial charge >= 0.3 is 0 Å². The number of nitrogens with one attached hydrogen (secondary N) is 1. The zero-order valence-corrected chi connectivity index (χ0v) is 14.3. The fourth-order valence-corrected chi connectivity index (χ4v) is 2.45. The third-order valence-electron chi connectivity index (χ3n) is 3.71. The molecule has 0 saturated carbocycles. The maximum absolute atomic E-state index is 12.7. The van der Waals surface area contributed by atoms with E-state index in [1.807, 2.05) is 17.7 Å². The average molecular weight is 316 g/mol. The Balaban J connectivity index is 2.07. The van der Waals surface area contributed by atoms with Gasteiger partial charge in [0.15, 0.2) is 0 Å². The summed E-state index contributed by atoms with van der Waals surface area (Å²) in [7, 11) is 3.56. The third-order valence-corrected chi connectivity index (χ3v) is 3.71. The zero-order chi connectivity index (χ0) is 17.0. The van der Waals surface area contributed by atoms with E-state index in [9.17, 15) is 4.79 Å². The Morgan fingerprint density at radius 1 is 1.26 bits per heavy atom. The minimum atomic E-state index is -0.294. The van der Waals surface area contributed by atoms with Gasteiger partial charge in [-0.2, -0.15) is 0 Å². The maximum Gasteiger partial charge on any atom is 0.245 e. The summed E-state index contributed by atoms with van der Waals surface area (Å²) in [6, 6.07) is -0.294. The Labute approximate surface area is 136 Å². The first kappa shape index (κ1) is 16.9. The number of rotatable bonds is 6. The van der Waals surface area contributed by atoms with Gasteiger partial charge in [0.2, 0.25) is 11.9 Å². The Bertz CT molecular complexity index is 649. The number of anilines is 1. The lowest BCUT2D eigenvalue weighted by molar-refractivity contribution is -0.133. The molecular formula is C16H24N6O. The highest BCUT2D eigenvalue weighted by atomic mass is 16.2. The van der Waals surface area contributed by atoms with Gasteiger partial charge in [-0.1, -0.05) is 13.8 Å². The molecule has 124 valence electrons. The summed E-state index contributed by atoms with van der Waals surface area (Å²) >= 11 is 0. The number of carbonyl (C=O) groups excluding carboxylic acids is 1. The van der Waals surface area contributed by atoms with Crippen LogP contribution in [0.15, 0.2) is 24.8 Å². The van der Waals surface area contributed by atoms with E-state index < -0.39 is 0 Å². The molecule has 0 radical (unpaired) electrons. The second-order valence-corrected chi connectivity index (χ2v) is 5.88. The predicted octanol–water partition coefficient (Wildman–Crippen LogP) is 2.06. The summed E-state index contributed by atoms with van der Waals surface area (Å²) in [4.78, 5) is 27.0. The molecule has 0 bridgehead atoms. The number of amides is 1. The van der Waals surface area contributed by atoms with Crippen LogP contribution in [0, 0.1) is 0 Å². The van der Waals surface area contributed by atoms with Gasteiger partial charge in [-0.15, -0.1) is 0 Å². The monoisotopic (exact) mass is 316 g/mol. The molecule has 0 aliphatic rings. The molecule has 1 atom stereocenters. The molecule has 0 aliphatic heterocycles. The van der Waals surface area contributed by atoms with E-state index in [2.05, 4.69) is 34.1 Å². The highest BCUT2D eigenvalue weighted by Gasteiger charge is 2.22. The molecule has 2 aromatic rings. The van der Waals surface area contributed by atoms with Crippen molar-refractivity contribution in [1.82, 2.24) is 24.4 Å². The second-order valence-electron chi connectivity index (χ2n) is 5.88. The van der Waals surface area contributed by atoms with Gasteiger partial charge in [-0.05, 0) is 6.92 Å². The van der Waals surface area contributed by atoms with Crippen LogP contribution in [0.3, 0.4) is 0 Å². The van der Waals surface area contributed by atoms with Crippen molar-refractivity contribution in [2.75, 3.05) is 19.4 Å². The summed E-state index contributed by atoms with van der Waals surface area (Å²) in [6.45, 7) is 6.51. The van der Waals surface area contributed by atoms with Crippen LogP contribution < -0.4 is 5.32 Å². The van der Waals surface area contributed by atoms with Gasteiger partial charge in [0, 0.05) is 56.9 Å². The van der Waals surface area contributed by atoms with Crippen LogP contribution in [0.25, 0.3) is 0 Å². The largest absolute Gasteiger partial charge is 0.357 e. The van der Waals surface area contributed by atoms with Crippen molar-refractivity contribution in [3.05, 3.63) is 36.2 Å². The minimum absolute atomic E-state index is 0.0302. The number of hydrogen-bond acceptors (Lipinski definition) is 5. The van der Waals surface area contributed by atoms with E-state index in [1.54, 1.807) is 37.6 Å². The van der Waals surface area contributed by atoms with Gasteiger partial charge in [0.05, 0.1) is 0 Å². The van der Waals surface area contributed by atoms with Crippen LogP contribution in [-0.4, -0.2) is 44.4 Å². The van der Waals surface area contributed by atoms with Crippen LogP contribution in [0.2, 0.25) is 0 Å². The summed E-state index contributed by atoms with van der Waals surface area (Å²) in [6.07, 6.45) is 7.05. The van der Waals surface area contributed by atoms with Gasteiger partial charge in [-0.3, -0.25) is 4.79 Å². The Hall–Kier alpha value is -2.44. The molecule has 7 heteroatoms. The Morgan fingerprint density at radius 2 is 1.91 bits per heavy atom. The molecule has 2 heterocycles. The molecule has 0 fully saturated rings. The van der Waals surface area contributed by atoms with Gasteiger partial charge in [0.1, 0.15) is 11.9 Å². The SMILES string of the molecule is CNc1ncc(CN(C)C(=O)[C@@H](C)n2ccnc2C(C)C)cn1. The van der Waals surface area contributed by atoms with E-state index in [0.29, 0.717) is 12.5 Å². The number of carbonyl (C=O) groups is 1. The average Bonchev–Trinajstić information content (AvgIpc) is 3.04. The van der Waals surface area contributed by atoms with E-state index >= 15 is 0 Å². The van der Waals surface area contributed by atoms with Gasteiger partial charge in [0.25, 0.3) is 0 Å². The van der Waals surface area contributed by atoms with Crippen LogP contribution in [0.1, 0.15) is 44.1 Å². The molecule has 0 spiro atoms. The number of imidazole rings is 1. The maximum atomic E-state index is 12.7. The van der Waals surface area contributed by atoms with Crippen molar-refractivity contribution < 1.29 is 4.79 Å². The van der Waals surface area contributed by atoms with Crippen molar-refractivity contribution in [2.45, 2.75) is 39.3 Å². The molecular weight excluding hydrogens is 292 g/mol. The standard InChI is InChI=1S/C16H24N6O/c1-11(2)14-18-6-7-22(14)12(3)15(23)21(5)10-13-8-19-16(17-4)20-9-13/h6-9,11-12H,10H2,1-5H3,(H,17,19,20)/t12-/m1/s1. The molecule has 2 rings (SSSR count). The Morgan fingerprint density at radius 3 is 2.48 bits per heavy atom. The topological polar surface area (TPSA) is 75.9 Å². The predicted molar refractivity (Wildman–Crippen MR) is 89.1 cm³/mol. The van der Waals surface area contributed by atoms with Crippen LogP contribution in [0.4, 0.5) is 5.95 Å². The number of aromatic nitrogens is 4. The van der Waals surface area contributed by atoms with Crippen LogP contribution in [0.5, 0.6) is 0 Å². The lowest BCUT2D eigenvalue weighted by Gasteiger charge is -2.24. The molecule has 0 aromatic carbocycles. The first-order chi connectivity index (χ1) is 10.9. The third kappa shape index (κ3) is 3.85. The highest BCUT2D eigenvalue weighted by molar-refractivity contribution is 5.79. The summed E-state index contributed by atoms with van der Waals surface area (Å²) < 4.78 is 1.93. The molecule has 1 amide bonds. The van der Waals surface area contributed by atoms with E-state index in [1.165, 1.54) is 0 Å². The highest BCUT2D eigenvalue weighted by Crippen LogP contribution is 2.19. The molecule has 7 nitrogen and oxygen atoms in total. The molecule has 0 saturated heterocycles. The van der Waals surface area contributed by atoms with Crippen molar-refractivity contribution in [3.63, 3.8) is 0 Å². The zero-order valence-electron chi connectivity index (χ0n) is 14.3. The smallest absolute Gasteiger partial charge is 0.245 e. The fourth-order valence-electron chi connectivity index (χ4n) is 2.45. The lowest BCUT2D eigenvalue weighted by atomic mass is 10.2.